The Bertz CT molecular complexity index is 1230. The maximum atomic E-state index is 12.9. The molecule has 1 N–H and O–H groups in total. The lowest BCUT2D eigenvalue weighted by molar-refractivity contribution is -0.674. The molecule has 0 unspecified atom stereocenters. The third kappa shape index (κ3) is 3.16. The van der Waals surface area contributed by atoms with E-state index < -0.39 is 10.0 Å². The van der Waals surface area contributed by atoms with Crippen molar-refractivity contribution in [2.45, 2.75) is 25.3 Å². The fourth-order valence-corrected chi connectivity index (χ4v) is 4.65. The number of hydrogen-bond acceptors (Lipinski definition) is 2. The number of benzene rings is 3. The summed E-state index contributed by atoms with van der Waals surface area (Å²) in [7, 11) is -3.67. The topological polar surface area (TPSA) is 55.0 Å². The van der Waals surface area contributed by atoms with Gasteiger partial charge >= 0.3 is 0 Å². The first-order valence-corrected chi connectivity index (χ1v) is 10.7. The first-order valence-electron chi connectivity index (χ1n) is 9.19. The molecule has 0 aliphatic heterocycles. The van der Waals surface area contributed by atoms with Crippen molar-refractivity contribution in [3.8, 4) is 5.69 Å². The van der Waals surface area contributed by atoms with E-state index in [0.717, 1.165) is 29.1 Å². The van der Waals surface area contributed by atoms with Crippen molar-refractivity contribution in [1.29, 1.82) is 0 Å². The molecule has 4 rings (SSSR count). The molecule has 0 spiro atoms. The number of nitrogens with zero attached hydrogens (tertiary/aromatic N) is 2. The first kappa shape index (κ1) is 18.3. The van der Waals surface area contributed by atoms with Gasteiger partial charge in [-0.05, 0) is 43.3 Å². The van der Waals surface area contributed by atoms with Crippen LogP contribution in [0.1, 0.15) is 12.7 Å². The van der Waals surface area contributed by atoms with Crippen molar-refractivity contribution >= 4 is 26.7 Å². The number of aryl methyl sites for hydroxylation is 1. The average Bonchev–Trinajstić information content (AvgIpc) is 2.99. The molecule has 4 aromatic rings. The van der Waals surface area contributed by atoms with Gasteiger partial charge in [-0.15, -0.1) is 0 Å². The molecule has 0 atom stereocenters. The van der Waals surface area contributed by atoms with Crippen molar-refractivity contribution in [1.82, 2.24) is 4.57 Å². The predicted octanol–water partition coefficient (Wildman–Crippen LogP) is 4.05. The molecule has 0 amide bonds. The summed E-state index contributed by atoms with van der Waals surface area (Å²) in [6.45, 7) is 4.86. The van der Waals surface area contributed by atoms with Gasteiger partial charge in [0, 0.05) is 18.7 Å². The van der Waals surface area contributed by atoms with E-state index in [4.69, 9.17) is 0 Å². The van der Waals surface area contributed by atoms with Crippen LogP contribution in [-0.2, 0) is 16.6 Å². The standard InChI is InChI=1S/C22H22N3O2S/c1-3-24-17(2)25(19-12-8-5-9-13-19)21-15-14-20(16-22(21)24)28(26,27)23-18-10-6-4-7-11-18/h4-16,23H,3H2,1-2H3/q+1. The summed E-state index contributed by atoms with van der Waals surface area (Å²) >= 11 is 0. The zero-order valence-corrected chi connectivity index (χ0v) is 16.6. The number of hydrogen-bond donors (Lipinski definition) is 1. The average molecular weight is 393 g/mol. The van der Waals surface area contributed by atoms with Gasteiger partial charge in [0.05, 0.1) is 11.4 Å². The van der Waals surface area contributed by atoms with Gasteiger partial charge in [0.15, 0.2) is 11.0 Å². The lowest BCUT2D eigenvalue weighted by Gasteiger charge is -2.07. The second-order valence-corrected chi connectivity index (χ2v) is 8.27. The van der Waals surface area contributed by atoms with Crippen LogP contribution in [0.25, 0.3) is 16.7 Å². The van der Waals surface area contributed by atoms with E-state index in [1.807, 2.05) is 49.4 Å². The summed E-state index contributed by atoms with van der Waals surface area (Å²) in [4.78, 5) is 0.247. The van der Waals surface area contributed by atoms with E-state index in [2.05, 4.69) is 20.8 Å². The molecular formula is C22H22N3O2S+. The molecule has 0 radical (unpaired) electrons. The number of aromatic nitrogens is 2. The summed E-state index contributed by atoms with van der Waals surface area (Å²) in [5.74, 6) is 1.05. The molecule has 0 saturated heterocycles. The Hall–Kier alpha value is -3.12. The van der Waals surface area contributed by atoms with Crippen LogP contribution in [-0.4, -0.2) is 13.0 Å². The number of rotatable bonds is 5. The highest BCUT2D eigenvalue weighted by Gasteiger charge is 2.25. The Morgan fingerprint density at radius 1 is 0.929 bits per heavy atom. The van der Waals surface area contributed by atoms with Gasteiger partial charge in [0.2, 0.25) is 0 Å². The molecular weight excluding hydrogens is 370 g/mol. The van der Waals surface area contributed by atoms with E-state index in [0.29, 0.717) is 5.69 Å². The zero-order chi connectivity index (χ0) is 19.7. The van der Waals surface area contributed by atoms with Gasteiger partial charge in [-0.2, -0.15) is 4.57 Å². The number of imidazole rings is 1. The van der Waals surface area contributed by atoms with Gasteiger partial charge in [0.25, 0.3) is 15.8 Å². The number of sulfonamides is 1. The second kappa shape index (κ2) is 7.13. The zero-order valence-electron chi connectivity index (χ0n) is 15.8. The first-order chi connectivity index (χ1) is 13.5. The van der Waals surface area contributed by atoms with Gasteiger partial charge in [0.1, 0.15) is 5.69 Å². The summed E-state index contributed by atoms with van der Waals surface area (Å²) < 4.78 is 32.7. The summed E-state index contributed by atoms with van der Waals surface area (Å²) in [6.07, 6.45) is 0. The molecule has 6 heteroatoms. The van der Waals surface area contributed by atoms with Crippen molar-refractivity contribution in [3.63, 3.8) is 0 Å². The SMILES string of the molecule is CC[n+]1c(C)n(-c2ccccc2)c2ccc(S(=O)(=O)Nc3ccccc3)cc21. The molecule has 0 aliphatic carbocycles. The number of anilines is 1. The summed E-state index contributed by atoms with van der Waals surface area (Å²) in [6, 6.07) is 24.3. The van der Waals surface area contributed by atoms with Crippen molar-refractivity contribution in [2.24, 2.45) is 0 Å². The van der Waals surface area contributed by atoms with E-state index in [-0.39, 0.29) is 4.90 Å². The van der Waals surface area contributed by atoms with E-state index in [1.54, 1.807) is 36.4 Å². The minimum Gasteiger partial charge on any atom is -0.280 e. The second-order valence-electron chi connectivity index (χ2n) is 6.58. The Kier molecular flexibility index (Phi) is 4.65. The Balaban J connectivity index is 1.86. The molecule has 28 heavy (non-hydrogen) atoms. The minimum absolute atomic E-state index is 0.247. The van der Waals surface area contributed by atoms with Crippen molar-refractivity contribution in [2.75, 3.05) is 4.72 Å². The van der Waals surface area contributed by atoms with Crippen molar-refractivity contribution in [3.05, 3.63) is 84.7 Å². The fourth-order valence-electron chi connectivity index (χ4n) is 3.57. The Morgan fingerprint density at radius 2 is 1.57 bits per heavy atom. The van der Waals surface area contributed by atoms with Crippen LogP contribution >= 0.6 is 0 Å². The van der Waals surface area contributed by atoms with Crippen LogP contribution in [0.4, 0.5) is 5.69 Å². The maximum Gasteiger partial charge on any atom is 0.262 e. The lowest BCUT2D eigenvalue weighted by Crippen LogP contribution is -2.35. The molecule has 5 nitrogen and oxygen atoms in total. The highest BCUT2D eigenvalue weighted by molar-refractivity contribution is 7.92. The van der Waals surface area contributed by atoms with Gasteiger partial charge in [-0.3, -0.25) is 4.72 Å². The molecule has 0 fully saturated rings. The summed E-state index contributed by atoms with van der Waals surface area (Å²) in [5.41, 5.74) is 3.46. The summed E-state index contributed by atoms with van der Waals surface area (Å²) in [5, 5.41) is 0. The Morgan fingerprint density at radius 3 is 2.21 bits per heavy atom. The predicted molar refractivity (Wildman–Crippen MR) is 111 cm³/mol. The van der Waals surface area contributed by atoms with Crippen LogP contribution in [0.5, 0.6) is 0 Å². The molecule has 0 saturated carbocycles. The van der Waals surface area contributed by atoms with Gasteiger partial charge in [-0.1, -0.05) is 36.4 Å². The van der Waals surface area contributed by atoms with Crippen LogP contribution in [0.2, 0.25) is 0 Å². The highest BCUT2D eigenvalue weighted by atomic mass is 32.2. The van der Waals surface area contributed by atoms with Crippen molar-refractivity contribution < 1.29 is 13.0 Å². The smallest absolute Gasteiger partial charge is 0.262 e. The molecule has 0 aliphatic rings. The number of fused-ring (bicyclic) bond motifs is 1. The third-order valence-corrected chi connectivity index (χ3v) is 6.24. The van der Waals surface area contributed by atoms with Crippen LogP contribution in [0, 0.1) is 6.92 Å². The lowest BCUT2D eigenvalue weighted by atomic mass is 10.2. The molecule has 1 heterocycles. The third-order valence-electron chi connectivity index (χ3n) is 4.86. The molecule has 142 valence electrons. The number of nitrogens with one attached hydrogen (secondary N) is 1. The molecule has 1 aromatic heterocycles. The van der Waals surface area contributed by atoms with E-state index >= 15 is 0 Å². The molecule has 0 bridgehead atoms. The fraction of sp³-hybridized carbons (Fsp3) is 0.136. The monoisotopic (exact) mass is 392 g/mol. The largest absolute Gasteiger partial charge is 0.280 e. The normalized spacial score (nSPS) is 11.6. The van der Waals surface area contributed by atoms with Crippen LogP contribution in [0.3, 0.4) is 0 Å². The highest BCUT2D eigenvalue weighted by Crippen LogP contribution is 2.24. The maximum absolute atomic E-state index is 12.9. The minimum atomic E-state index is -3.67. The van der Waals surface area contributed by atoms with Crippen LogP contribution < -0.4 is 9.29 Å². The number of para-hydroxylation sites is 2. The van der Waals surface area contributed by atoms with Gasteiger partial charge in [-0.25, -0.2) is 13.0 Å². The van der Waals surface area contributed by atoms with E-state index in [1.165, 1.54) is 0 Å². The van der Waals surface area contributed by atoms with Crippen LogP contribution in [0.15, 0.2) is 83.8 Å². The Labute approximate surface area is 164 Å². The quantitative estimate of drug-likeness (QED) is 0.521. The molecule has 3 aromatic carbocycles. The van der Waals surface area contributed by atoms with E-state index in [9.17, 15) is 8.42 Å². The van der Waals surface area contributed by atoms with Gasteiger partial charge < -0.3 is 0 Å².